The molecule has 1 aliphatic carbocycles. The number of aromatic nitrogens is 3. The number of amides is 1. The monoisotopic (exact) mass is 600 g/mol. The minimum Gasteiger partial charge on any atom is -0.368 e. The van der Waals surface area contributed by atoms with Crippen molar-refractivity contribution in [3.05, 3.63) is 87.6 Å². The average Bonchev–Trinajstić information content (AvgIpc) is 3.48. The smallest absolute Gasteiger partial charge is 0.368 e. The van der Waals surface area contributed by atoms with Crippen molar-refractivity contribution in [3.8, 4) is 0 Å². The summed E-state index contributed by atoms with van der Waals surface area (Å²) < 4.78 is 73.4. The standard InChI is InChI=1S/C31H33F5N6O/c1-19(2)26-13-37-7-8-41(26)14-20-9-23-24(25(10-20)31(34,35)36)15-42(28(23)43)22-6-4-5-21(11-22)29(16-30(32,33)17-29)12-27-39-38-18-40(27)3/h4-6,9-11,18,37H,7-8,12-17H2,1-3H3. The first-order valence-corrected chi connectivity index (χ1v) is 14.2. The quantitative estimate of drug-likeness (QED) is 0.373. The van der Waals surface area contributed by atoms with E-state index in [9.17, 15) is 26.7 Å². The number of halogens is 5. The Bertz CT molecular complexity index is 1600. The number of hydrogen-bond donors (Lipinski definition) is 1. The van der Waals surface area contributed by atoms with Crippen LogP contribution in [0.25, 0.3) is 0 Å². The van der Waals surface area contributed by atoms with Gasteiger partial charge in [-0.05, 0) is 54.8 Å². The molecule has 0 unspecified atom stereocenters. The molecular weight excluding hydrogens is 567 g/mol. The Hall–Kier alpha value is -3.80. The highest BCUT2D eigenvalue weighted by Crippen LogP contribution is 2.55. The van der Waals surface area contributed by atoms with E-state index in [-0.39, 0.29) is 30.6 Å². The zero-order valence-corrected chi connectivity index (χ0v) is 24.2. The van der Waals surface area contributed by atoms with E-state index in [1.54, 1.807) is 41.9 Å². The lowest BCUT2D eigenvalue weighted by atomic mass is 9.60. The number of benzene rings is 2. The van der Waals surface area contributed by atoms with Crippen LogP contribution in [0.3, 0.4) is 0 Å². The molecule has 43 heavy (non-hydrogen) atoms. The van der Waals surface area contributed by atoms with Crippen LogP contribution in [-0.4, -0.2) is 51.1 Å². The Morgan fingerprint density at radius 1 is 1.12 bits per heavy atom. The molecule has 3 heterocycles. The number of rotatable bonds is 6. The molecule has 12 heteroatoms. The lowest BCUT2D eigenvalue weighted by Crippen LogP contribution is -2.51. The van der Waals surface area contributed by atoms with Gasteiger partial charge >= 0.3 is 6.18 Å². The van der Waals surface area contributed by atoms with Crippen molar-refractivity contribution in [1.29, 1.82) is 0 Å². The van der Waals surface area contributed by atoms with Crippen molar-refractivity contribution >= 4 is 11.6 Å². The first-order chi connectivity index (χ1) is 20.3. The summed E-state index contributed by atoms with van der Waals surface area (Å²) in [5, 5.41) is 11.2. The van der Waals surface area contributed by atoms with Gasteiger partial charge in [0, 0.05) is 74.9 Å². The van der Waals surface area contributed by atoms with Crippen molar-refractivity contribution in [2.45, 2.75) is 63.7 Å². The summed E-state index contributed by atoms with van der Waals surface area (Å²) >= 11 is 0. The Labute approximate surface area is 246 Å². The second kappa shape index (κ2) is 10.4. The topological polar surface area (TPSA) is 66.3 Å². The fraction of sp³-hybridized carbons (Fsp3) is 0.452. The normalized spacial score (nSPS) is 19.4. The molecule has 1 saturated heterocycles. The SMILES string of the molecule is CC(C)=C1CNCCN1Cc1cc2c(c(C(F)(F)F)c1)CN(c1cccc(C3(Cc4nncn4C)CC(F)(F)C3)c1)C2=O. The van der Waals surface area contributed by atoms with Crippen LogP contribution in [0.1, 0.15) is 65.1 Å². The second-order valence-electron chi connectivity index (χ2n) is 12.2. The summed E-state index contributed by atoms with van der Waals surface area (Å²) in [6.45, 7) is 5.91. The van der Waals surface area contributed by atoms with E-state index >= 15 is 0 Å². The average molecular weight is 601 g/mol. The maximum atomic E-state index is 14.4. The summed E-state index contributed by atoms with van der Waals surface area (Å²) in [5.41, 5.74) is 1.67. The third-order valence-electron chi connectivity index (χ3n) is 8.86. The Balaban J connectivity index is 1.34. The molecule has 0 bridgehead atoms. The van der Waals surface area contributed by atoms with E-state index in [0.717, 1.165) is 17.3 Å². The fourth-order valence-corrected chi connectivity index (χ4v) is 6.72. The number of allylic oxidation sites excluding steroid dienone is 1. The third-order valence-corrected chi connectivity index (χ3v) is 8.86. The van der Waals surface area contributed by atoms with Gasteiger partial charge in [0.1, 0.15) is 12.2 Å². The molecule has 2 aromatic carbocycles. The minimum atomic E-state index is -4.65. The first-order valence-electron chi connectivity index (χ1n) is 14.2. The highest BCUT2D eigenvalue weighted by atomic mass is 19.4. The number of aryl methyl sites for hydroxylation is 1. The molecular formula is C31H33F5N6O. The number of nitrogens with zero attached hydrogens (tertiary/aromatic N) is 5. The van der Waals surface area contributed by atoms with Crippen LogP contribution in [0.15, 0.2) is 54.0 Å². The van der Waals surface area contributed by atoms with Crippen molar-refractivity contribution in [2.75, 3.05) is 24.5 Å². The largest absolute Gasteiger partial charge is 0.416 e. The molecule has 6 rings (SSSR count). The molecule has 0 atom stereocenters. The molecule has 2 fully saturated rings. The first kappa shape index (κ1) is 29.3. The van der Waals surface area contributed by atoms with Gasteiger partial charge in [-0.25, -0.2) is 8.78 Å². The van der Waals surface area contributed by atoms with Gasteiger partial charge in [0.15, 0.2) is 0 Å². The number of alkyl halides is 5. The zero-order chi connectivity index (χ0) is 30.7. The van der Waals surface area contributed by atoms with Crippen LogP contribution in [0.5, 0.6) is 0 Å². The zero-order valence-electron chi connectivity index (χ0n) is 24.2. The van der Waals surface area contributed by atoms with Crippen LogP contribution < -0.4 is 10.2 Å². The van der Waals surface area contributed by atoms with E-state index < -0.39 is 41.8 Å². The number of nitrogens with one attached hydrogen (secondary N) is 1. The predicted octanol–water partition coefficient (Wildman–Crippen LogP) is 5.60. The second-order valence-corrected chi connectivity index (χ2v) is 12.2. The van der Waals surface area contributed by atoms with E-state index in [4.69, 9.17) is 0 Å². The maximum absolute atomic E-state index is 14.4. The van der Waals surface area contributed by atoms with Crippen molar-refractivity contribution in [3.63, 3.8) is 0 Å². The van der Waals surface area contributed by atoms with Crippen molar-refractivity contribution in [2.24, 2.45) is 7.05 Å². The van der Waals surface area contributed by atoms with Gasteiger partial charge in [-0.3, -0.25) is 4.79 Å². The summed E-state index contributed by atoms with van der Waals surface area (Å²) in [5.74, 6) is -2.83. The van der Waals surface area contributed by atoms with E-state index in [1.807, 2.05) is 13.8 Å². The molecule has 2 aliphatic heterocycles. The Morgan fingerprint density at radius 3 is 2.53 bits per heavy atom. The molecule has 228 valence electrons. The van der Waals surface area contributed by atoms with Crippen LogP contribution >= 0.6 is 0 Å². The molecule has 1 aromatic heterocycles. The molecule has 3 aromatic rings. The van der Waals surface area contributed by atoms with Crippen molar-refractivity contribution in [1.82, 2.24) is 25.0 Å². The van der Waals surface area contributed by atoms with E-state index in [2.05, 4.69) is 20.4 Å². The molecule has 3 aliphatic rings. The summed E-state index contributed by atoms with van der Waals surface area (Å²) in [4.78, 5) is 17.1. The number of hydrogen-bond acceptors (Lipinski definition) is 5. The molecule has 1 amide bonds. The number of carbonyl (C=O) groups is 1. The highest BCUT2D eigenvalue weighted by molar-refractivity contribution is 6.10. The highest BCUT2D eigenvalue weighted by Gasteiger charge is 2.57. The Kier molecular flexibility index (Phi) is 7.10. The molecule has 1 N–H and O–H groups in total. The predicted molar refractivity (Wildman–Crippen MR) is 151 cm³/mol. The fourth-order valence-electron chi connectivity index (χ4n) is 6.72. The lowest BCUT2D eigenvalue weighted by Gasteiger charge is -2.48. The number of piperazine rings is 1. The number of carbonyl (C=O) groups excluding carboxylic acids is 1. The van der Waals surface area contributed by atoms with E-state index in [0.29, 0.717) is 42.3 Å². The maximum Gasteiger partial charge on any atom is 0.416 e. The van der Waals surface area contributed by atoms with Gasteiger partial charge in [0.2, 0.25) is 5.92 Å². The Morgan fingerprint density at radius 2 is 1.88 bits per heavy atom. The minimum absolute atomic E-state index is 0.0214. The third kappa shape index (κ3) is 5.41. The molecule has 7 nitrogen and oxygen atoms in total. The van der Waals surface area contributed by atoms with Gasteiger partial charge in [-0.1, -0.05) is 17.7 Å². The molecule has 0 spiro atoms. The molecule has 0 radical (unpaired) electrons. The van der Waals surface area contributed by atoms with Gasteiger partial charge in [0.25, 0.3) is 5.91 Å². The van der Waals surface area contributed by atoms with Crippen molar-refractivity contribution < 1.29 is 26.7 Å². The van der Waals surface area contributed by atoms with Gasteiger partial charge in [-0.2, -0.15) is 13.2 Å². The van der Waals surface area contributed by atoms with Gasteiger partial charge in [-0.15, -0.1) is 10.2 Å². The summed E-state index contributed by atoms with van der Waals surface area (Å²) in [7, 11) is 1.74. The lowest BCUT2D eigenvalue weighted by molar-refractivity contribution is -0.138. The van der Waals surface area contributed by atoms with Crippen LogP contribution in [0.4, 0.5) is 27.6 Å². The number of anilines is 1. The summed E-state index contributed by atoms with van der Waals surface area (Å²) in [6.07, 6.45) is -3.72. The summed E-state index contributed by atoms with van der Waals surface area (Å²) in [6, 6.07) is 9.42. The van der Waals surface area contributed by atoms with Crippen LogP contribution in [0, 0.1) is 0 Å². The van der Waals surface area contributed by atoms with Crippen LogP contribution in [0.2, 0.25) is 0 Å². The van der Waals surface area contributed by atoms with E-state index in [1.165, 1.54) is 11.2 Å². The molecule has 1 saturated carbocycles. The van der Waals surface area contributed by atoms with Gasteiger partial charge < -0.3 is 19.7 Å². The number of fused-ring (bicyclic) bond motifs is 1. The van der Waals surface area contributed by atoms with Gasteiger partial charge in [0.05, 0.1) is 12.1 Å². The van der Waals surface area contributed by atoms with Crippen LogP contribution in [-0.2, 0) is 38.1 Å².